The molecule has 2 aromatic heterocycles. The van der Waals surface area contributed by atoms with Crippen LogP contribution in [0, 0.1) is 0 Å². The van der Waals surface area contributed by atoms with Crippen molar-refractivity contribution in [2.45, 2.75) is 0 Å². The molecule has 2 aromatic carbocycles. The standard InChI is InChI=1S/C17H11BrN6O2/c18-11-2-1-3-13(8-11)24-15-14(22-23-24)9-19-17(21-15)20-12-6-4-10(5-7-12)16(25)26/h1-9H,(H,25,26)(H,19,20,21). The first kappa shape index (κ1) is 16.2. The van der Waals surface area contributed by atoms with Crippen molar-refractivity contribution in [1.29, 1.82) is 0 Å². The number of fused-ring (bicyclic) bond motifs is 1. The first-order valence-corrected chi connectivity index (χ1v) is 8.34. The summed E-state index contributed by atoms with van der Waals surface area (Å²) in [6.45, 7) is 0. The van der Waals surface area contributed by atoms with Crippen LogP contribution in [0.4, 0.5) is 11.6 Å². The first-order chi connectivity index (χ1) is 12.6. The highest BCUT2D eigenvalue weighted by Crippen LogP contribution is 2.20. The Kier molecular flexibility index (Phi) is 4.05. The molecule has 0 fully saturated rings. The van der Waals surface area contributed by atoms with Gasteiger partial charge in [-0.25, -0.2) is 9.78 Å². The van der Waals surface area contributed by atoms with Gasteiger partial charge in [0.2, 0.25) is 5.95 Å². The van der Waals surface area contributed by atoms with Gasteiger partial charge < -0.3 is 10.4 Å². The van der Waals surface area contributed by atoms with Gasteiger partial charge in [-0.2, -0.15) is 9.67 Å². The van der Waals surface area contributed by atoms with E-state index >= 15 is 0 Å². The normalized spacial score (nSPS) is 10.8. The van der Waals surface area contributed by atoms with E-state index in [-0.39, 0.29) is 5.56 Å². The number of aromatic nitrogens is 5. The highest BCUT2D eigenvalue weighted by molar-refractivity contribution is 9.10. The number of hydrogen-bond donors (Lipinski definition) is 2. The molecule has 0 aliphatic heterocycles. The number of benzene rings is 2. The van der Waals surface area contributed by atoms with Gasteiger partial charge in [0.1, 0.15) is 0 Å². The summed E-state index contributed by atoms with van der Waals surface area (Å²) in [5, 5.41) is 20.2. The van der Waals surface area contributed by atoms with E-state index in [1.165, 1.54) is 12.1 Å². The molecule has 0 aliphatic carbocycles. The second-order valence-electron chi connectivity index (χ2n) is 5.39. The third-order valence-corrected chi connectivity index (χ3v) is 4.13. The minimum atomic E-state index is -0.974. The lowest BCUT2D eigenvalue weighted by molar-refractivity contribution is 0.0697. The summed E-state index contributed by atoms with van der Waals surface area (Å²) >= 11 is 3.44. The number of carboxylic acid groups (broad SMARTS) is 1. The molecule has 0 spiro atoms. The van der Waals surface area contributed by atoms with Gasteiger partial charge in [-0.1, -0.05) is 27.2 Å². The predicted molar refractivity (Wildman–Crippen MR) is 98.8 cm³/mol. The predicted octanol–water partition coefficient (Wildman–Crippen LogP) is 3.41. The van der Waals surface area contributed by atoms with Gasteiger partial charge in [0.25, 0.3) is 0 Å². The van der Waals surface area contributed by atoms with Crippen LogP contribution in [0.2, 0.25) is 0 Å². The second kappa shape index (κ2) is 6.52. The molecule has 9 heteroatoms. The van der Waals surface area contributed by atoms with Crippen LogP contribution in [0.5, 0.6) is 0 Å². The molecule has 0 radical (unpaired) electrons. The van der Waals surface area contributed by atoms with Crippen molar-refractivity contribution in [3.8, 4) is 5.69 Å². The fourth-order valence-electron chi connectivity index (χ4n) is 2.40. The zero-order chi connectivity index (χ0) is 18.1. The molecule has 0 aliphatic rings. The maximum absolute atomic E-state index is 10.9. The highest BCUT2D eigenvalue weighted by Gasteiger charge is 2.11. The van der Waals surface area contributed by atoms with Gasteiger partial charge >= 0.3 is 5.97 Å². The van der Waals surface area contributed by atoms with Gasteiger partial charge in [-0.15, -0.1) is 5.10 Å². The Morgan fingerprint density at radius 3 is 2.69 bits per heavy atom. The van der Waals surface area contributed by atoms with Crippen LogP contribution < -0.4 is 5.32 Å². The number of carbonyl (C=O) groups is 1. The molecule has 2 N–H and O–H groups in total. The van der Waals surface area contributed by atoms with Crippen LogP contribution in [0.25, 0.3) is 16.9 Å². The lowest BCUT2D eigenvalue weighted by Gasteiger charge is -2.06. The molecule has 0 atom stereocenters. The molecule has 8 nitrogen and oxygen atoms in total. The first-order valence-electron chi connectivity index (χ1n) is 7.55. The van der Waals surface area contributed by atoms with Crippen LogP contribution in [0.3, 0.4) is 0 Å². The molecule has 2 heterocycles. The lowest BCUT2D eigenvalue weighted by Crippen LogP contribution is -2.02. The number of halogens is 1. The van der Waals surface area contributed by atoms with Crippen molar-refractivity contribution >= 4 is 44.7 Å². The maximum atomic E-state index is 10.9. The average Bonchev–Trinajstić information content (AvgIpc) is 3.05. The number of nitrogens with one attached hydrogen (secondary N) is 1. The number of rotatable bonds is 4. The van der Waals surface area contributed by atoms with Crippen LogP contribution >= 0.6 is 15.9 Å². The van der Waals surface area contributed by atoms with Crippen molar-refractivity contribution in [3.05, 3.63) is 64.8 Å². The zero-order valence-corrected chi connectivity index (χ0v) is 14.8. The Morgan fingerprint density at radius 1 is 1.15 bits per heavy atom. The number of hydrogen-bond acceptors (Lipinski definition) is 6. The van der Waals surface area contributed by atoms with E-state index < -0.39 is 5.97 Å². The summed E-state index contributed by atoms with van der Waals surface area (Å²) < 4.78 is 2.55. The minimum absolute atomic E-state index is 0.212. The summed E-state index contributed by atoms with van der Waals surface area (Å²) in [6.07, 6.45) is 1.58. The van der Waals surface area contributed by atoms with Crippen molar-refractivity contribution in [2.75, 3.05) is 5.32 Å². The highest BCUT2D eigenvalue weighted by atomic mass is 79.9. The molecule has 4 rings (SSSR count). The Hall–Kier alpha value is -3.33. The molecule has 4 aromatic rings. The summed E-state index contributed by atoms with van der Waals surface area (Å²) in [7, 11) is 0. The molecule has 0 bridgehead atoms. The third kappa shape index (κ3) is 3.11. The molecule has 0 amide bonds. The number of nitrogens with zero attached hydrogens (tertiary/aromatic N) is 5. The van der Waals surface area contributed by atoms with Crippen LogP contribution in [0.1, 0.15) is 10.4 Å². The third-order valence-electron chi connectivity index (χ3n) is 3.63. The Balaban J connectivity index is 1.68. The largest absolute Gasteiger partial charge is 0.478 e. The molecule has 0 saturated heterocycles. The van der Waals surface area contributed by atoms with E-state index in [1.807, 2.05) is 24.3 Å². The smallest absolute Gasteiger partial charge is 0.335 e. The Labute approximate surface area is 155 Å². The summed E-state index contributed by atoms with van der Waals surface area (Å²) in [6, 6.07) is 14.0. The van der Waals surface area contributed by atoms with Gasteiger partial charge in [0.05, 0.1) is 17.4 Å². The monoisotopic (exact) mass is 410 g/mol. The quantitative estimate of drug-likeness (QED) is 0.530. The van der Waals surface area contributed by atoms with E-state index in [4.69, 9.17) is 5.11 Å². The van der Waals surface area contributed by atoms with Gasteiger partial charge in [-0.05, 0) is 42.5 Å². The van der Waals surface area contributed by atoms with E-state index in [1.54, 1.807) is 23.0 Å². The van der Waals surface area contributed by atoms with Crippen LogP contribution in [-0.2, 0) is 0 Å². The topological polar surface area (TPSA) is 106 Å². The molecular formula is C17H11BrN6O2. The molecule has 0 saturated carbocycles. The van der Waals surface area contributed by atoms with Crippen molar-refractivity contribution in [3.63, 3.8) is 0 Å². The molecular weight excluding hydrogens is 400 g/mol. The maximum Gasteiger partial charge on any atom is 0.335 e. The van der Waals surface area contributed by atoms with Crippen molar-refractivity contribution in [2.24, 2.45) is 0 Å². The lowest BCUT2D eigenvalue weighted by atomic mass is 10.2. The molecule has 128 valence electrons. The van der Waals surface area contributed by atoms with E-state index in [0.29, 0.717) is 22.8 Å². The van der Waals surface area contributed by atoms with E-state index in [9.17, 15) is 4.79 Å². The van der Waals surface area contributed by atoms with E-state index in [2.05, 4.69) is 41.5 Å². The number of carboxylic acids is 1. The summed E-state index contributed by atoms with van der Waals surface area (Å²) in [4.78, 5) is 19.6. The second-order valence-corrected chi connectivity index (χ2v) is 6.31. The van der Waals surface area contributed by atoms with Crippen molar-refractivity contribution < 1.29 is 9.90 Å². The van der Waals surface area contributed by atoms with Gasteiger partial charge in [0, 0.05) is 10.2 Å². The molecule has 0 unspecified atom stereocenters. The fourth-order valence-corrected chi connectivity index (χ4v) is 2.78. The van der Waals surface area contributed by atoms with Crippen molar-refractivity contribution in [1.82, 2.24) is 25.0 Å². The average molecular weight is 411 g/mol. The fraction of sp³-hybridized carbons (Fsp3) is 0. The SMILES string of the molecule is O=C(O)c1ccc(Nc2ncc3nnn(-c4cccc(Br)c4)c3n2)cc1. The molecule has 26 heavy (non-hydrogen) atoms. The summed E-state index contributed by atoms with van der Waals surface area (Å²) in [5.74, 6) is -0.614. The van der Waals surface area contributed by atoms with Gasteiger partial charge in [-0.3, -0.25) is 0 Å². The van der Waals surface area contributed by atoms with E-state index in [0.717, 1.165) is 10.2 Å². The summed E-state index contributed by atoms with van der Waals surface area (Å²) in [5.41, 5.74) is 2.83. The number of anilines is 2. The Bertz CT molecular complexity index is 1110. The minimum Gasteiger partial charge on any atom is -0.478 e. The van der Waals surface area contributed by atoms with Gasteiger partial charge in [0.15, 0.2) is 11.2 Å². The zero-order valence-electron chi connectivity index (χ0n) is 13.2. The number of aromatic carboxylic acids is 1. The Morgan fingerprint density at radius 2 is 1.96 bits per heavy atom. The van der Waals surface area contributed by atoms with Crippen LogP contribution in [-0.4, -0.2) is 36.0 Å². The van der Waals surface area contributed by atoms with Crippen LogP contribution in [0.15, 0.2) is 59.2 Å².